The van der Waals surface area contributed by atoms with Crippen molar-refractivity contribution in [2.45, 2.75) is 63.8 Å². The Morgan fingerprint density at radius 1 is 1.11 bits per heavy atom. The van der Waals surface area contributed by atoms with E-state index >= 15 is 0 Å². The van der Waals surface area contributed by atoms with Crippen molar-refractivity contribution in [3.05, 3.63) is 59.7 Å². The Morgan fingerprint density at radius 2 is 1.89 bits per heavy atom. The molecule has 8 nitrogen and oxygen atoms in total. The third kappa shape index (κ3) is 5.82. The van der Waals surface area contributed by atoms with Gasteiger partial charge in [0.05, 0.1) is 30.2 Å². The molecule has 2 N–H and O–H groups in total. The van der Waals surface area contributed by atoms with Gasteiger partial charge in [-0.25, -0.2) is 0 Å². The lowest BCUT2D eigenvalue weighted by Gasteiger charge is -2.42. The second-order valence-electron chi connectivity index (χ2n) is 9.18. The first-order chi connectivity index (χ1) is 16.9. The van der Waals surface area contributed by atoms with E-state index in [1.165, 1.54) is 0 Å². The molecule has 186 valence electrons. The highest BCUT2D eigenvalue weighted by Crippen LogP contribution is 2.32. The zero-order valence-corrected chi connectivity index (χ0v) is 20.5. The number of nitrogens with one attached hydrogen (secondary N) is 2. The lowest BCUT2D eigenvalue weighted by atomic mass is 9.94. The summed E-state index contributed by atoms with van der Waals surface area (Å²) < 4.78 is 12.3. The van der Waals surface area contributed by atoms with Crippen LogP contribution >= 0.6 is 0 Å². The minimum absolute atomic E-state index is 0.0620. The normalized spacial score (nSPS) is 22.5. The van der Waals surface area contributed by atoms with Gasteiger partial charge in [0.25, 0.3) is 5.91 Å². The fraction of sp³-hybridized carbons (Fsp3) is 0.444. The molecule has 4 atom stereocenters. The summed E-state index contributed by atoms with van der Waals surface area (Å²) in [7, 11) is 1.77. The second kappa shape index (κ2) is 10.9. The van der Waals surface area contributed by atoms with E-state index in [9.17, 15) is 14.4 Å². The van der Waals surface area contributed by atoms with Gasteiger partial charge in [0.1, 0.15) is 18.5 Å². The Kier molecular flexibility index (Phi) is 7.70. The second-order valence-corrected chi connectivity index (χ2v) is 9.18. The zero-order chi connectivity index (χ0) is 24.9. The topological polar surface area (TPSA) is 97.0 Å². The molecule has 0 aromatic heterocycles. The van der Waals surface area contributed by atoms with E-state index in [0.29, 0.717) is 36.3 Å². The molecule has 1 fully saturated rings. The fourth-order valence-electron chi connectivity index (χ4n) is 4.69. The van der Waals surface area contributed by atoms with Crippen LogP contribution in [0.4, 0.5) is 5.69 Å². The molecular formula is C27H33N3O5. The maximum absolute atomic E-state index is 13.3. The molecule has 2 aliphatic rings. The Morgan fingerprint density at radius 3 is 2.63 bits per heavy atom. The van der Waals surface area contributed by atoms with E-state index in [1.54, 1.807) is 37.1 Å². The molecule has 2 heterocycles. The van der Waals surface area contributed by atoms with Gasteiger partial charge < -0.3 is 25.0 Å². The minimum atomic E-state index is -0.338. The number of anilines is 1. The third-order valence-electron chi connectivity index (χ3n) is 6.71. The molecule has 2 aromatic rings. The van der Waals surface area contributed by atoms with Gasteiger partial charge in [-0.15, -0.1) is 0 Å². The average Bonchev–Trinajstić information content (AvgIpc) is 2.86. The third-order valence-corrected chi connectivity index (χ3v) is 6.71. The van der Waals surface area contributed by atoms with Crippen LogP contribution in [-0.2, 0) is 14.3 Å². The Balaban J connectivity index is 1.40. The van der Waals surface area contributed by atoms with E-state index in [1.807, 2.05) is 37.3 Å². The molecule has 3 amide bonds. The summed E-state index contributed by atoms with van der Waals surface area (Å²) >= 11 is 0. The summed E-state index contributed by atoms with van der Waals surface area (Å²) in [4.78, 5) is 39.4. The van der Waals surface area contributed by atoms with Gasteiger partial charge in [0, 0.05) is 19.2 Å². The molecule has 35 heavy (non-hydrogen) atoms. The first kappa shape index (κ1) is 24.7. The summed E-state index contributed by atoms with van der Waals surface area (Å²) in [5.74, 6) is 0.0909. The maximum atomic E-state index is 13.3. The number of nitrogens with zero attached hydrogens (tertiary/aromatic N) is 1. The van der Waals surface area contributed by atoms with Crippen LogP contribution in [0.15, 0.2) is 48.5 Å². The van der Waals surface area contributed by atoms with Crippen LogP contribution in [0.3, 0.4) is 0 Å². The monoisotopic (exact) mass is 479 g/mol. The molecule has 0 saturated carbocycles. The number of carbonyl (C=O) groups is 3. The predicted molar refractivity (Wildman–Crippen MR) is 132 cm³/mol. The zero-order valence-electron chi connectivity index (χ0n) is 20.5. The SMILES string of the molecule is CCC(=O)Nc1ccc2c(c1)C(=O)N(C)[C@H]1CC[C@H](CC(=O)N[C@H](C)c3ccccc3)O[C@@H]1CO2. The highest BCUT2D eigenvalue weighted by atomic mass is 16.5. The van der Waals surface area contributed by atoms with Gasteiger partial charge in [0.15, 0.2) is 0 Å². The molecule has 8 heteroatoms. The molecular weight excluding hydrogens is 446 g/mol. The highest BCUT2D eigenvalue weighted by molar-refractivity contribution is 5.99. The molecule has 0 unspecified atom stereocenters. The molecule has 0 spiro atoms. The van der Waals surface area contributed by atoms with E-state index in [4.69, 9.17) is 9.47 Å². The number of ether oxygens (including phenoxy) is 2. The van der Waals surface area contributed by atoms with Crippen molar-refractivity contribution in [2.75, 3.05) is 19.0 Å². The lowest BCUT2D eigenvalue weighted by molar-refractivity contribution is -0.134. The molecule has 2 aromatic carbocycles. The van der Waals surface area contributed by atoms with Gasteiger partial charge in [-0.3, -0.25) is 14.4 Å². The van der Waals surface area contributed by atoms with Crippen molar-refractivity contribution in [3.8, 4) is 5.75 Å². The van der Waals surface area contributed by atoms with Crippen molar-refractivity contribution >= 4 is 23.4 Å². The van der Waals surface area contributed by atoms with Crippen LogP contribution < -0.4 is 15.4 Å². The molecule has 2 aliphatic heterocycles. The van der Waals surface area contributed by atoms with Crippen LogP contribution in [0.5, 0.6) is 5.75 Å². The number of hydrogen-bond acceptors (Lipinski definition) is 5. The molecule has 0 bridgehead atoms. The Hall–Kier alpha value is -3.39. The number of fused-ring (bicyclic) bond motifs is 2. The number of benzene rings is 2. The van der Waals surface area contributed by atoms with E-state index in [2.05, 4.69) is 10.6 Å². The van der Waals surface area contributed by atoms with E-state index < -0.39 is 0 Å². The number of carbonyl (C=O) groups excluding carboxylic acids is 3. The summed E-state index contributed by atoms with van der Waals surface area (Å²) in [5.41, 5.74) is 2.03. The minimum Gasteiger partial charge on any atom is -0.490 e. The van der Waals surface area contributed by atoms with Crippen LogP contribution in [-0.4, -0.2) is 54.5 Å². The highest BCUT2D eigenvalue weighted by Gasteiger charge is 2.39. The van der Waals surface area contributed by atoms with Crippen molar-refractivity contribution in [1.29, 1.82) is 0 Å². The van der Waals surface area contributed by atoms with Crippen molar-refractivity contribution in [1.82, 2.24) is 10.2 Å². The summed E-state index contributed by atoms with van der Waals surface area (Å²) in [5, 5.41) is 5.83. The average molecular weight is 480 g/mol. The van der Waals surface area contributed by atoms with Gasteiger partial charge in [-0.1, -0.05) is 37.3 Å². The molecule has 0 aliphatic carbocycles. The molecule has 1 saturated heterocycles. The molecule has 4 rings (SSSR count). The molecule has 0 radical (unpaired) electrons. The van der Waals surface area contributed by atoms with Crippen molar-refractivity contribution < 1.29 is 23.9 Å². The standard InChI is InChI=1S/C27H33N3O5/c1-4-25(31)29-19-10-13-23-21(14-19)27(33)30(3)22-12-11-20(35-24(22)16-34-23)15-26(32)28-17(2)18-8-6-5-7-9-18/h5-10,13-14,17,20,22,24H,4,11-12,15-16H2,1-3H3,(H,28,32)(H,29,31)/t17-,20-,22+,24-/m1/s1. The fourth-order valence-corrected chi connectivity index (χ4v) is 4.69. The smallest absolute Gasteiger partial charge is 0.257 e. The number of rotatable bonds is 6. The van der Waals surface area contributed by atoms with Crippen molar-refractivity contribution in [3.63, 3.8) is 0 Å². The predicted octanol–water partition coefficient (Wildman–Crippen LogP) is 3.68. The number of hydrogen-bond donors (Lipinski definition) is 2. The summed E-state index contributed by atoms with van der Waals surface area (Å²) in [6.07, 6.45) is 1.42. The lowest BCUT2D eigenvalue weighted by Crippen LogP contribution is -2.54. The Labute approximate surface area is 206 Å². The van der Waals surface area contributed by atoms with Crippen LogP contribution in [0.2, 0.25) is 0 Å². The first-order valence-electron chi connectivity index (χ1n) is 12.2. The summed E-state index contributed by atoms with van der Waals surface area (Å²) in [6.45, 7) is 4.01. The number of likely N-dealkylation sites (N-methyl/N-ethyl adjacent to an activating group) is 1. The Bertz CT molecular complexity index is 1070. The quantitative estimate of drug-likeness (QED) is 0.659. The van der Waals surface area contributed by atoms with Gasteiger partial charge in [-0.05, 0) is 43.5 Å². The van der Waals surface area contributed by atoms with Gasteiger partial charge in [0.2, 0.25) is 11.8 Å². The van der Waals surface area contributed by atoms with E-state index in [-0.39, 0.29) is 55.0 Å². The van der Waals surface area contributed by atoms with Gasteiger partial charge >= 0.3 is 0 Å². The van der Waals surface area contributed by atoms with Crippen molar-refractivity contribution in [2.24, 2.45) is 0 Å². The summed E-state index contributed by atoms with van der Waals surface area (Å²) in [6, 6.07) is 14.7. The van der Waals surface area contributed by atoms with Crippen LogP contribution in [0.1, 0.15) is 61.5 Å². The first-order valence-corrected chi connectivity index (χ1v) is 12.2. The van der Waals surface area contributed by atoms with E-state index in [0.717, 1.165) is 5.56 Å². The van der Waals surface area contributed by atoms with Gasteiger partial charge in [-0.2, -0.15) is 0 Å². The maximum Gasteiger partial charge on any atom is 0.257 e. The largest absolute Gasteiger partial charge is 0.490 e. The number of amides is 3. The van der Waals surface area contributed by atoms with Crippen LogP contribution in [0.25, 0.3) is 0 Å². The van der Waals surface area contributed by atoms with Crippen LogP contribution in [0, 0.1) is 0 Å².